The van der Waals surface area contributed by atoms with Gasteiger partial charge in [-0.15, -0.1) is 0 Å². The molecule has 0 aliphatic heterocycles. The zero-order chi connectivity index (χ0) is 14.8. The van der Waals surface area contributed by atoms with Crippen molar-refractivity contribution in [3.05, 3.63) is 71.8 Å². The molecule has 1 N–H and O–H groups in total. The van der Waals surface area contributed by atoms with Gasteiger partial charge in [-0.05, 0) is 50.3 Å². The number of unbranched alkanes of at least 4 members (excludes halogenated alkanes) is 2. The molecule has 1 atom stereocenters. The molecule has 0 spiro atoms. The highest BCUT2D eigenvalue weighted by atomic mass is 14.9. The second-order valence-electron chi connectivity index (χ2n) is 5.84. The van der Waals surface area contributed by atoms with Crippen molar-refractivity contribution in [3.8, 4) is 0 Å². The maximum atomic E-state index is 3.63. The van der Waals surface area contributed by atoms with Crippen molar-refractivity contribution in [3.63, 3.8) is 0 Å². The lowest BCUT2D eigenvalue weighted by atomic mass is 10.1. The first-order valence-electron chi connectivity index (χ1n) is 8.16. The summed E-state index contributed by atoms with van der Waals surface area (Å²) in [6, 6.07) is 22.1. The van der Waals surface area contributed by atoms with E-state index in [1.165, 1.54) is 36.8 Å². The summed E-state index contributed by atoms with van der Waals surface area (Å²) >= 11 is 0. The van der Waals surface area contributed by atoms with Gasteiger partial charge in [-0.2, -0.15) is 0 Å². The SMILES string of the molecule is C[C@H](Cc1ccccc1)NCCCCCc1ccccc1. The topological polar surface area (TPSA) is 12.0 Å². The molecule has 0 aromatic heterocycles. The van der Waals surface area contributed by atoms with E-state index in [0.717, 1.165) is 13.0 Å². The second-order valence-corrected chi connectivity index (χ2v) is 5.84. The average molecular weight is 281 g/mol. The lowest BCUT2D eigenvalue weighted by molar-refractivity contribution is 0.519. The van der Waals surface area contributed by atoms with Crippen molar-refractivity contribution >= 4 is 0 Å². The molecule has 0 saturated carbocycles. The van der Waals surface area contributed by atoms with Crippen LogP contribution in [0.3, 0.4) is 0 Å². The highest BCUT2D eigenvalue weighted by Crippen LogP contribution is 2.06. The van der Waals surface area contributed by atoms with Crippen LogP contribution in [-0.2, 0) is 12.8 Å². The molecule has 0 amide bonds. The summed E-state index contributed by atoms with van der Waals surface area (Å²) in [5.74, 6) is 0. The summed E-state index contributed by atoms with van der Waals surface area (Å²) in [5, 5.41) is 3.63. The molecule has 0 fully saturated rings. The molecule has 1 nitrogen and oxygen atoms in total. The number of aryl methyl sites for hydroxylation is 1. The van der Waals surface area contributed by atoms with Gasteiger partial charge in [0.2, 0.25) is 0 Å². The zero-order valence-electron chi connectivity index (χ0n) is 13.1. The number of benzene rings is 2. The van der Waals surface area contributed by atoms with Crippen LogP contribution in [0.15, 0.2) is 60.7 Å². The van der Waals surface area contributed by atoms with Gasteiger partial charge in [0.15, 0.2) is 0 Å². The van der Waals surface area contributed by atoms with E-state index in [0.29, 0.717) is 6.04 Å². The lowest BCUT2D eigenvalue weighted by Crippen LogP contribution is -2.28. The van der Waals surface area contributed by atoms with Crippen molar-refractivity contribution in [2.75, 3.05) is 6.54 Å². The Morgan fingerprint density at radius 1 is 0.762 bits per heavy atom. The number of rotatable bonds is 9. The first-order valence-corrected chi connectivity index (χ1v) is 8.16. The molecule has 0 radical (unpaired) electrons. The maximum Gasteiger partial charge on any atom is 0.00791 e. The molecule has 0 aliphatic rings. The first kappa shape index (κ1) is 15.8. The van der Waals surface area contributed by atoms with Gasteiger partial charge in [-0.3, -0.25) is 0 Å². The van der Waals surface area contributed by atoms with Gasteiger partial charge in [0.05, 0.1) is 0 Å². The fourth-order valence-corrected chi connectivity index (χ4v) is 2.66. The van der Waals surface area contributed by atoms with Gasteiger partial charge in [0.25, 0.3) is 0 Å². The molecule has 2 rings (SSSR count). The largest absolute Gasteiger partial charge is 0.314 e. The molecule has 0 unspecified atom stereocenters. The molecule has 2 aromatic carbocycles. The van der Waals surface area contributed by atoms with Gasteiger partial charge in [0, 0.05) is 6.04 Å². The standard InChI is InChI=1S/C20H27N/c1-18(17-20-14-7-3-8-15-20)21-16-10-4-9-13-19-11-5-2-6-12-19/h2-3,5-8,11-12,14-15,18,21H,4,9-10,13,16-17H2,1H3/t18-/m1/s1. The Morgan fingerprint density at radius 2 is 1.38 bits per heavy atom. The molecule has 112 valence electrons. The molecule has 0 aliphatic carbocycles. The van der Waals surface area contributed by atoms with E-state index in [9.17, 15) is 0 Å². The fraction of sp³-hybridized carbons (Fsp3) is 0.400. The molecule has 0 bridgehead atoms. The van der Waals surface area contributed by atoms with Crippen molar-refractivity contribution < 1.29 is 0 Å². The molecule has 0 saturated heterocycles. The van der Waals surface area contributed by atoms with E-state index in [2.05, 4.69) is 72.9 Å². The smallest absolute Gasteiger partial charge is 0.00791 e. The van der Waals surface area contributed by atoms with Gasteiger partial charge in [0.1, 0.15) is 0 Å². The first-order chi connectivity index (χ1) is 10.3. The van der Waals surface area contributed by atoms with Crippen LogP contribution in [0.5, 0.6) is 0 Å². The van der Waals surface area contributed by atoms with Gasteiger partial charge in [-0.1, -0.05) is 67.1 Å². The van der Waals surface area contributed by atoms with E-state index in [1.54, 1.807) is 0 Å². The van der Waals surface area contributed by atoms with Crippen molar-refractivity contribution in [1.82, 2.24) is 5.32 Å². The maximum absolute atomic E-state index is 3.63. The van der Waals surface area contributed by atoms with Crippen LogP contribution < -0.4 is 5.32 Å². The summed E-state index contributed by atoms with van der Waals surface area (Å²) < 4.78 is 0. The third-order valence-electron chi connectivity index (χ3n) is 3.86. The summed E-state index contributed by atoms with van der Waals surface area (Å²) in [5.41, 5.74) is 2.88. The Kier molecular flexibility index (Phi) is 7.03. The minimum absolute atomic E-state index is 0.557. The van der Waals surface area contributed by atoms with Crippen LogP contribution in [0.4, 0.5) is 0 Å². The monoisotopic (exact) mass is 281 g/mol. The van der Waals surface area contributed by atoms with Crippen LogP contribution in [0, 0.1) is 0 Å². The van der Waals surface area contributed by atoms with E-state index in [-0.39, 0.29) is 0 Å². The van der Waals surface area contributed by atoms with Crippen LogP contribution >= 0.6 is 0 Å². The van der Waals surface area contributed by atoms with Crippen LogP contribution in [-0.4, -0.2) is 12.6 Å². The third kappa shape index (κ3) is 6.59. The zero-order valence-corrected chi connectivity index (χ0v) is 13.1. The number of nitrogens with one attached hydrogen (secondary N) is 1. The fourth-order valence-electron chi connectivity index (χ4n) is 2.66. The molecule has 0 heterocycles. The minimum atomic E-state index is 0.557. The van der Waals surface area contributed by atoms with Crippen LogP contribution in [0.25, 0.3) is 0 Å². The molecule has 1 heteroatoms. The Morgan fingerprint density at radius 3 is 2.05 bits per heavy atom. The van der Waals surface area contributed by atoms with Crippen LogP contribution in [0.1, 0.15) is 37.3 Å². The second kappa shape index (κ2) is 9.36. The van der Waals surface area contributed by atoms with Crippen molar-refractivity contribution in [1.29, 1.82) is 0 Å². The summed E-state index contributed by atoms with van der Waals surface area (Å²) in [6.45, 7) is 3.40. The van der Waals surface area contributed by atoms with Gasteiger partial charge >= 0.3 is 0 Å². The highest BCUT2D eigenvalue weighted by molar-refractivity contribution is 5.16. The minimum Gasteiger partial charge on any atom is -0.314 e. The van der Waals surface area contributed by atoms with Crippen molar-refractivity contribution in [2.24, 2.45) is 0 Å². The predicted molar refractivity (Wildman–Crippen MR) is 91.6 cm³/mol. The molecule has 2 aromatic rings. The number of hydrogen-bond donors (Lipinski definition) is 1. The summed E-state index contributed by atoms with van der Waals surface area (Å²) in [6.07, 6.45) is 6.19. The normalized spacial score (nSPS) is 12.2. The Bertz CT molecular complexity index is 478. The number of hydrogen-bond acceptors (Lipinski definition) is 1. The summed E-state index contributed by atoms with van der Waals surface area (Å²) in [7, 11) is 0. The summed E-state index contributed by atoms with van der Waals surface area (Å²) in [4.78, 5) is 0. The predicted octanol–water partition coefficient (Wildman–Crippen LogP) is 4.62. The third-order valence-corrected chi connectivity index (χ3v) is 3.86. The van der Waals surface area contributed by atoms with E-state index in [4.69, 9.17) is 0 Å². The Balaban J connectivity index is 1.51. The van der Waals surface area contributed by atoms with E-state index < -0.39 is 0 Å². The van der Waals surface area contributed by atoms with E-state index in [1.807, 2.05) is 0 Å². The lowest BCUT2D eigenvalue weighted by Gasteiger charge is -2.13. The molecular formula is C20H27N. The van der Waals surface area contributed by atoms with Gasteiger partial charge in [-0.25, -0.2) is 0 Å². The highest BCUT2D eigenvalue weighted by Gasteiger charge is 2.02. The Labute approximate surface area is 129 Å². The van der Waals surface area contributed by atoms with Crippen LogP contribution in [0.2, 0.25) is 0 Å². The average Bonchev–Trinajstić information content (AvgIpc) is 2.53. The molecule has 21 heavy (non-hydrogen) atoms. The quantitative estimate of drug-likeness (QED) is 0.661. The van der Waals surface area contributed by atoms with Gasteiger partial charge < -0.3 is 5.32 Å². The molecular weight excluding hydrogens is 254 g/mol. The van der Waals surface area contributed by atoms with Crippen molar-refractivity contribution in [2.45, 2.75) is 45.1 Å². The Hall–Kier alpha value is -1.60. The van der Waals surface area contributed by atoms with E-state index >= 15 is 0 Å².